The van der Waals surface area contributed by atoms with E-state index in [9.17, 15) is 13.6 Å². The van der Waals surface area contributed by atoms with Crippen molar-refractivity contribution in [2.45, 2.75) is 12.8 Å². The van der Waals surface area contributed by atoms with Crippen molar-refractivity contribution in [2.75, 3.05) is 12.4 Å². The predicted molar refractivity (Wildman–Crippen MR) is 91.0 cm³/mol. The summed E-state index contributed by atoms with van der Waals surface area (Å²) in [5.74, 6) is -2.22. The quantitative estimate of drug-likeness (QED) is 0.699. The molecule has 2 aromatic heterocycles. The third kappa shape index (κ3) is 3.15. The number of rotatable bonds is 3. The van der Waals surface area contributed by atoms with Crippen LogP contribution >= 0.6 is 11.6 Å². The Labute approximate surface area is 147 Å². The minimum absolute atomic E-state index is 0.161. The molecule has 0 aliphatic rings. The largest absolute Gasteiger partial charge is 0.453 e. The van der Waals surface area contributed by atoms with E-state index in [1.54, 1.807) is 19.2 Å². The number of aromatic nitrogens is 2. The Morgan fingerprint density at radius 1 is 1.40 bits per heavy atom. The molecule has 1 atom stereocenters. The van der Waals surface area contributed by atoms with Gasteiger partial charge in [-0.05, 0) is 23.8 Å². The number of nitrogens with one attached hydrogen (secondary N) is 2. The van der Waals surface area contributed by atoms with E-state index in [4.69, 9.17) is 11.6 Å². The molecule has 25 heavy (non-hydrogen) atoms. The van der Waals surface area contributed by atoms with Gasteiger partial charge in [-0.3, -0.25) is 5.32 Å². The van der Waals surface area contributed by atoms with Crippen LogP contribution in [0.1, 0.15) is 24.0 Å². The first-order valence-corrected chi connectivity index (χ1v) is 7.75. The zero-order valence-electron chi connectivity index (χ0n) is 13.4. The molecule has 0 bridgehead atoms. The topological polar surface area (TPSA) is 67.0 Å². The van der Waals surface area contributed by atoms with Crippen LogP contribution in [0.2, 0.25) is 5.02 Å². The molecule has 3 aromatic rings. The van der Waals surface area contributed by atoms with Crippen molar-refractivity contribution in [3.05, 3.63) is 58.4 Å². The molecule has 130 valence electrons. The maximum absolute atomic E-state index is 14.8. The molecule has 1 unspecified atom stereocenters. The molecule has 0 aliphatic carbocycles. The lowest BCUT2D eigenvalue weighted by molar-refractivity contribution is 0.186. The molecular weight excluding hydrogens is 352 g/mol. The number of benzene rings is 1. The average Bonchev–Trinajstić information content (AvgIpc) is 3.00. The maximum Gasteiger partial charge on any atom is 0.411 e. The highest BCUT2D eigenvalue weighted by atomic mass is 35.5. The van der Waals surface area contributed by atoms with Gasteiger partial charge < -0.3 is 9.72 Å². The van der Waals surface area contributed by atoms with Crippen LogP contribution < -0.4 is 5.32 Å². The standard InChI is InChI=1S/C17H14ClF2N3O2/c1-8(11-7-22-16-10(11)5-9(18)6-21-16)14-12(19)3-4-13(15(14)20)23-17(24)25-2/h3-8H,1-2H3,(H,21,22)(H,23,24). The van der Waals surface area contributed by atoms with E-state index in [1.807, 2.05) is 0 Å². The number of pyridine rings is 1. The molecule has 0 saturated carbocycles. The van der Waals surface area contributed by atoms with Crippen LogP contribution in [0.25, 0.3) is 11.0 Å². The lowest BCUT2D eigenvalue weighted by Crippen LogP contribution is -2.14. The summed E-state index contributed by atoms with van der Waals surface area (Å²) in [6.07, 6.45) is 2.28. The molecule has 0 fully saturated rings. The van der Waals surface area contributed by atoms with Crippen LogP contribution in [0.5, 0.6) is 0 Å². The van der Waals surface area contributed by atoms with Gasteiger partial charge in [0.1, 0.15) is 11.5 Å². The molecule has 5 nitrogen and oxygen atoms in total. The fourth-order valence-electron chi connectivity index (χ4n) is 2.74. The van der Waals surface area contributed by atoms with Crippen molar-refractivity contribution >= 4 is 34.4 Å². The molecule has 1 aromatic carbocycles. The molecule has 2 heterocycles. The van der Waals surface area contributed by atoms with E-state index in [0.29, 0.717) is 21.6 Å². The zero-order chi connectivity index (χ0) is 18.1. The highest BCUT2D eigenvalue weighted by Gasteiger charge is 2.24. The van der Waals surface area contributed by atoms with Crippen molar-refractivity contribution in [2.24, 2.45) is 0 Å². The number of fused-ring (bicyclic) bond motifs is 1. The van der Waals surface area contributed by atoms with Gasteiger partial charge in [0.05, 0.1) is 17.8 Å². The van der Waals surface area contributed by atoms with Crippen molar-refractivity contribution in [3.63, 3.8) is 0 Å². The highest BCUT2D eigenvalue weighted by Crippen LogP contribution is 2.35. The van der Waals surface area contributed by atoms with Crippen LogP contribution in [0, 0.1) is 11.6 Å². The van der Waals surface area contributed by atoms with Gasteiger partial charge in [-0.25, -0.2) is 18.6 Å². The van der Waals surface area contributed by atoms with Crippen molar-refractivity contribution in [1.82, 2.24) is 9.97 Å². The van der Waals surface area contributed by atoms with Gasteiger partial charge in [-0.2, -0.15) is 0 Å². The fraction of sp³-hybridized carbons (Fsp3) is 0.176. The van der Waals surface area contributed by atoms with Crippen LogP contribution in [0.3, 0.4) is 0 Å². The molecule has 0 spiro atoms. The van der Waals surface area contributed by atoms with E-state index in [1.165, 1.54) is 6.20 Å². The number of carbonyl (C=O) groups excluding carboxylic acids is 1. The highest BCUT2D eigenvalue weighted by molar-refractivity contribution is 6.31. The summed E-state index contributed by atoms with van der Waals surface area (Å²) in [4.78, 5) is 18.4. The number of hydrogen-bond acceptors (Lipinski definition) is 3. The van der Waals surface area contributed by atoms with Crippen molar-refractivity contribution in [1.29, 1.82) is 0 Å². The first-order valence-electron chi connectivity index (χ1n) is 7.37. The molecule has 0 aliphatic heterocycles. The van der Waals surface area contributed by atoms with Crippen LogP contribution in [-0.4, -0.2) is 23.2 Å². The van der Waals surface area contributed by atoms with Gasteiger partial charge in [0.2, 0.25) is 0 Å². The van der Waals surface area contributed by atoms with E-state index in [2.05, 4.69) is 20.0 Å². The van der Waals surface area contributed by atoms with Gasteiger partial charge >= 0.3 is 6.09 Å². The molecular formula is C17H14ClF2N3O2. The fourth-order valence-corrected chi connectivity index (χ4v) is 2.89. The van der Waals surface area contributed by atoms with Crippen molar-refractivity contribution in [3.8, 4) is 0 Å². The molecule has 0 saturated heterocycles. The van der Waals surface area contributed by atoms with Gasteiger partial charge in [-0.15, -0.1) is 0 Å². The number of anilines is 1. The Balaban J connectivity index is 2.09. The molecule has 8 heteroatoms. The summed E-state index contributed by atoms with van der Waals surface area (Å²) in [7, 11) is 1.16. The first-order chi connectivity index (χ1) is 11.9. The van der Waals surface area contributed by atoms with Gasteiger partial charge in [0, 0.05) is 29.3 Å². The number of aromatic amines is 1. The van der Waals surface area contributed by atoms with E-state index >= 15 is 0 Å². The summed E-state index contributed by atoms with van der Waals surface area (Å²) in [6.45, 7) is 1.66. The summed E-state index contributed by atoms with van der Waals surface area (Å²) in [5.41, 5.74) is 0.870. The van der Waals surface area contributed by atoms with Crippen LogP contribution in [0.4, 0.5) is 19.3 Å². The number of halogens is 3. The summed E-state index contributed by atoms with van der Waals surface area (Å²) < 4.78 is 33.6. The lowest BCUT2D eigenvalue weighted by atomic mass is 9.92. The number of nitrogens with zero attached hydrogens (tertiary/aromatic N) is 1. The number of ether oxygens (including phenoxy) is 1. The molecule has 3 rings (SSSR count). The number of methoxy groups -OCH3 is 1. The molecule has 2 N–H and O–H groups in total. The SMILES string of the molecule is COC(=O)Nc1ccc(F)c(C(C)c2c[nH]c3ncc(Cl)cc23)c1F. The normalized spacial score (nSPS) is 12.2. The minimum atomic E-state index is -0.859. The lowest BCUT2D eigenvalue weighted by Gasteiger charge is -2.16. The second kappa shape index (κ2) is 6.68. The third-order valence-corrected chi connectivity index (χ3v) is 4.18. The molecule has 1 amide bonds. The monoisotopic (exact) mass is 365 g/mol. The smallest absolute Gasteiger partial charge is 0.411 e. The Morgan fingerprint density at radius 3 is 2.88 bits per heavy atom. The Bertz CT molecular complexity index is 958. The number of hydrogen-bond donors (Lipinski definition) is 2. The van der Waals surface area contributed by atoms with Crippen LogP contribution in [0.15, 0.2) is 30.6 Å². The summed E-state index contributed by atoms with van der Waals surface area (Å²) >= 11 is 5.97. The number of amides is 1. The van der Waals surface area contributed by atoms with E-state index in [0.717, 1.165) is 19.2 Å². The Kier molecular flexibility index (Phi) is 4.59. The van der Waals surface area contributed by atoms with Gasteiger partial charge in [0.15, 0.2) is 5.82 Å². The number of carbonyl (C=O) groups is 1. The Morgan fingerprint density at radius 2 is 2.16 bits per heavy atom. The van der Waals surface area contributed by atoms with Gasteiger partial charge in [-0.1, -0.05) is 18.5 Å². The predicted octanol–water partition coefficient (Wildman–Crippen LogP) is 4.82. The van der Waals surface area contributed by atoms with E-state index in [-0.39, 0.29) is 11.3 Å². The van der Waals surface area contributed by atoms with Crippen molar-refractivity contribution < 1.29 is 18.3 Å². The number of H-pyrrole nitrogens is 1. The van der Waals surface area contributed by atoms with Gasteiger partial charge in [0.25, 0.3) is 0 Å². The second-order valence-electron chi connectivity index (χ2n) is 5.45. The first kappa shape index (κ1) is 17.2. The summed E-state index contributed by atoms with van der Waals surface area (Å²) in [6, 6.07) is 3.92. The van der Waals surface area contributed by atoms with Crippen LogP contribution in [-0.2, 0) is 4.74 Å². The minimum Gasteiger partial charge on any atom is -0.453 e. The maximum atomic E-state index is 14.8. The molecule has 0 radical (unpaired) electrons. The van der Waals surface area contributed by atoms with E-state index < -0.39 is 23.6 Å². The Hall–Kier alpha value is -2.67. The zero-order valence-corrected chi connectivity index (χ0v) is 14.1. The average molecular weight is 366 g/mol. The second-order valence-corrected chi connectivity index (χ2v) is 5.89. The summed E-state index contributed by atoms with van der Waals surface area (Å²) in [5, 5.41) is 3.32. The third-order valence-electron chi connectivity index (χ3n) is 3.98.